The zero-order valence-electron chi connectivity index (χ0n) is 12.0. The molecule has 0 bridgehead atoms. The van der Waals surface area contributed by atoms with E-state index >= 15 is 0 Å². The van der Waals surface area contributed by atoms with Gasteiger partial charge < -0.3 is 0 Å². The van der Waals surface area contributed by atoms with E-state index in [0.717, 1.165) is 36.5 Å². The molecule has 0 radical (unpaired) electrons. The fourth-order valence-electron chi connectivity index (χ4n) is 1.53. The first kappa shape index (κ1) is 15.9. The Bertz CT molecular complexity index is 582. The average Bonchev–Trinajstić information content (AvgIpc) is 3.12. The minimum absolute atomic E-state index is 0.126. The van der Waals surface area contributed by atoms with E-state index in [1.165, 1.54) is 23.1 Å². The van der Waals surface area contributed by atoms with Crippen LogP contribution >= 0.6 is 23.1 Å². The predicted molar refractivity (Wildman–Crippen MR) is 83.6 cm³/mol. The summed E-state index contributed by atoms with van der Waals surface area (Å²) in [5.41, 5.74) is 0. The fraction of sp³-hybridized carbons (Fsp3) is 0.583. The number of unbranched alkanes of at least 4 members (excludes halogenated alkanes) is 1. The van der Waals surface area contributed by atoms with Crippen LogP contribution in [-0.4, -0.2) is 37.0 Å². The van der Waals surface area contributed by atoms with Crippen molar-refractivity contribution in [2.45, 2.75) is 44.7 Å². The van der Waals surface area contributed by atoms with Gasteiger partial charge in [0.25, 0.3) is 0 Å². The van der Waals surface area contributed by atoms with Crippen LogP contribution in [-0.2, 0) is 17.6 Å². The van der Waals surface area contributed by atoms with Crippen molar-refractivity contribution in [3.8, 4) is 0 Å². The van der Waals surface area contributed by atoms with Crippen LogP contribution in [0.1, 0.15) is 37.5 Å². The first-order valence-electron chi connectivity index (χ1n) is 6.87. The Labute approximate surface area is 131 Å². The van der Waals surface area contributed by atoms with Gasteiger partial charge in [-0.15, -0.1) is 15.3 Å². The molecule has 0 aliphatic heterocycles. The number of thioether (sulfide) groups is 1. The van der Waals surface area contributed by atoms with Gasteiger partial charge in [-0.1, -0.05) is 43.4 Å². The van der Waals surface area contributed by atoms with Gasteiger partial charge in [-0.3, -0.25) is 15.2 Å². The lowest BCUT2D eigenvalue weighted by atomic mass is 10.2. The van der Waals surface area contributed by atoms with Gasteiger partial charge in [-0.2, -0.15) is 0 Å². The lowest BCUT2D eigenvalue weighted by Crippen LogP contribution is -2.13. The zero-order valence-corrected chi connectivity index (χ0v) is 13.7. The summed E-state index contributed by atoms with van der Waals surface area (Å²) in [4.78, 5) is 16.1. The number of carbonyl (C=O) groups excluding carboxylic acids is 1. The molecule has 0 saturated carbocycles. The maximum absolute atomic E-state index is 11.8. The fourth-order valence-corrected chi connectivity index (χ4v) is 2.84. The van der Waals surface area contributed by atoms with E-state index in [-0.39, 0.29) is 11.7 Å². The molecule has 7 nitrogen and oxygen atoms in total. The summed E-state index contributed by atoms with van der Waals surface area (Å²) < 4.78 is 0. The molecule has 2 N–H and O–H groups in total. The molecule has 9 heteroatoms. The van der Waals surface area contributed by atoms with Crippen molar-refractivity contribution in [2.24, 2.45) is 0 Å². The van der Waals surface area contributed by atoms with Crippen LogP contribution in [0.5, 0.6) is 0 Å². The van der Waals surface area contributed by atoms with Gasteiger partial charge in [0.2, 0.25) is 16.2 Å². The average molecular weight is 326 g/mol. The Hall–Kier alpha value is -1.48. The van der Waals surface area contributed by atoms with Crippen molar-refractivity contribution in [2.75, 3.05) is 11.1 Å². The van der Waals surface area contributed by atoms with Crippen molar-refractivity contribution >= 4 is 34.1 Å². The number of amides is 1. The molecular weight excluding hydrogens is 308 g/mol. The Kier molecular flexibility index (Phi) is 6.12. The summed E-state index contributed by atoms with van der Waals surface area (Å²) in [6.07, 6.45) is 3.91. The maximum atomic E-state index is 11.8. The van der Waals surface area contributed by atoms with Crippen LogP contribution in [0.25, 0.3) is 0 Å². The number of carbonyl (C=O) groups is 1. The second kappa shape index (κ2) is 8.08. The highest BCUT2D eigenvalue weighted by Crippen LogP contribution is 2.17. The van der Waals surface area contributed by atoms with Crippen LogP contribution in [0.15, 0.2) is 5.16 Å². The van der Waals surface area contributed by atoms with Crippen LogP contribution in [0, 0.1) is 0 Å². The van der Waals surface area contributed by atoms with Gasteiger partial charge in [0.1, 0.15) is 10.8 Å². The largest absolute Gasteiger partial charge is 0.300 e. The number of anilines is 1. The van der Waals surface area contributed by atoms with Crippen molar-refractivity contribution in [1.82, 2.24) is 25.4 Å². The molecule has 21 heavy (non-hydrogen) atoms. The summed E-state index contributed by atoms with van der Waals surface area (Å²) >= 11 is 2.70. The van der Waals surface area contributed by atoms with Gasteiger partial charge in [-0.25, -0.2) is 4.98 Å². The molecule has 2 heterocycles. The van der Waals surface area contributed by atoms with E-state index < -0.39 is 0 Å². The predicted octanol–water partition coefficient (Wildman–Crippen LogP) is 2.29. The molecule has 0 aliphatic carbocycles. The lowest BCUT2D eigenvalue weighted by molar-refractivity contribution is -0.113. The number of hydrogen-bond acceptors (Lipinski definition) is 7. The van der Waals surface area contributed by atoms with Crippen molar-refractivity contribution < 1.29 is 4.79 Å². The third-order valence-corrected chi connectivity index (χ3v) is 4.46. The monoisotopic (exact) mass is 326 g/mol. The number of aromatic amines is 1. The number of rotatable bonds is 8. The normalized spacial score (nSPS) is 10.8. The minimum Gasteiger partial charge on any atom is -0.300 e. The van der Waals surface area contributed by atoms with Gasteiger partial charge in [0, 0.05) is 6.42 Å². The first-order chi connectivity index (χ1) is 10.2. The van der Waals surface area contributed by atoms with Crippen molar-refractivity contribution in [3.63, 3.8) is 0 Å². The number of nitrogens with zero attached hydrogens (tertiary/aromatic N) is 4. The molecular formula is C12H18N6OS2. The highest BCUT2D eigenvalue weighted by atomic mass is 32.2. The Balaban J connectivity index is 1.76. The highest BCUT2D eigenvalue weighted by Gasteiger charge is 2.10. The number of nitrogens with one attached hydrogen (secondary N) is 2. The molecule has 0 spiro atoms. The molecule has 1 amide bonds. The lowest BCUT2D eigenvalue weighted by Gasteiger charge is -1.98. The topological polar surface area (TPSA) is 96.5 Å². The second-order valence-corrected chi connectivity index (χ2v) is 6.36. The third-order valence-electron chi connectivity index (χ3n) is 2.63. The first-order valence-corrected chi connectivity index (χ1v) is 8.67. The molecule has 2 rings (SSSR count). The van der Waals surface area contributed by atoms with Gasteiger partial charge in [-0.05, 0) is 12.8 Å². The smallest absolute Gasteiger partial charge is 0.236 e. The zero-order chi connectivity index (χ0) is 15.1. The number of aryl methyl sites for hydroxylation is 2. The van der Waals surface area contributed by atoms with E-state index in [2.05, 4.69) is 37.6 Å². The number of H-pyrrole nitrogens is 1. The third kappa shape index (κ3) is 5.09. The molecule has 2 aromatic rings. The molecule has 0 atom stereocenters. The molecule has 0 saturated heterocycles. The van der Waals surface area contributed by atoms with E-state index in [1.54, 1.807) is 0 Å². The minimum atomic E-state index is -0.126. The summed E-state index contributed by atoms with van der Waals surface area (Å²) in [6.45, 7) is 4.13. The van der Waals surface area contributed by atoms with Crippen molar-refractivity contribution in [3.05, 3.63) is 10.8 Å². The number of hydrogen-bond donors (Lipinski definition) is 2. The van der Waals surface area contributed by atoms with Crippen LogP contribution in [0.2, 0.25) is 0 Å². The van der Waals surface area contributed by atoms with E-state index in [9.17, 15) is 4.79 Å². The second-order valence-electron chi connectivity index (χ2n) is 4.36. The quantitative estimate of drug-likeness (QED) is 0.723. The molecule has 0 aromatic carbocycles. The van der Waals surface area contributed by atoms with Gasteiger partial charge in [0.15, 0.2) is 0 Å². The maximum Gasteiger partial charge on any atom is 0.236 e. The van der Waals surface area contributed by atoms with E-state index in [0.29, 0.717) is 10.3 Å². The molecule has 2 aromatic heterocycles. The SMILES string of the molecule is CCCCc1nc(SCC(=O)Nc2nnc(CC)s2)n[nH]1. The van der Waals surface area contributed by atoms with E-state index in [1.807, 2.05) is 6.92 Å². The Morgan fingerprint density at radius 2 is 2.24 bits per heavy atom. The highest BCUT2D eigenvalue weighted by molar-refractivity contribution is 7.99. The summed E-state index contributed by atoms with van der Waals surface area (Å²) in [5.74, 6) is 1.00. The molecule has 0 fully saturated rings. The standard InChI is InChI=1S/C12H18N6OS2/c1-3-5-6-8-13-11(17-15-8)20-7-9(19)14-12-18-16-10(4-2)21-12/h3-7H2,1-2H3,(H,13,15,17)(H,14,18,19). The Morgan fingerprint density at radius 1 is 1.38 bits per heavy atom. The van der Waals surface area contributed by atoms with Crippen LogP contribution in [0.3, 0.4) is 0 Å². The molecule has 114 valence electrons. The Morgan fingerprint density at radius 3 is 2.95 bits per heavy atom. The molecule has 0 aliphatic rings. The van der Waals surface area contributed by atoms with Crippen LogP contribution < -0.4 is 5.32 Å². The molecule has 0 unspecified atom stereocenters. The van der Waals surface area contributed by atoms with Gasteiger partial charge in [0.05, 0.1) is 5.75 Å². The van der Waals surface area contributed by atoms with Crippen molar-refractivity contribution in [1.29, 1.82) is 0 Å². The summed E-state index contributed by atoms with van der Waals surface area (Å²) in [6, 6.07) is 0. The summed E-state index contributed by atoms with van der Waals surface area (Å²) in [5, 5.41) is 19.6. The van der Waals surface area contributed by atoms with Gasteiger partial charge >= 0.3 is 0 Å². The van der Waals surface area contributed by atoms with Crippen LogP contribution in [0.4, 0.5) is 5.13 Å². The summed E-state index contributed by atoms with van der Waals surface area (Å²) in [7, 11) is 0. The van der Waals surface area contributed by atoms with E-state index in [4.69, 9.17) is 0 Å². The number of aromatic nitrogens is 5.